The van der Waals surface area contributed by atoms with Crippen molar-refractivity contribution in [2.24, 2.45) is 0 Å². The molecule has 0 bridgehead atoms. The van der Waals surface area contributed by atoms with E-state index in [0.29, 0.717) is 0 Å². The Hall–Kier alpha value is -0.370. The van der Waals surface area contributed by atoms with Crippen LogP contribution in [0.4, 0.5) is 0 Å². The van der Waals surface area contributed by atoms with Crippen LogP contribution in [0.3, 0.4) is 0 Å². The highest BCUT2D eigenvalue weighted by molar-refractivity contribution is 8.04. The molecule has 0 aromatic carbocycles. The van der Waals surface area contributed by atoms with Crippen molar-refractivity contribution in [2.45, 2.75) is 9.99 Å². The summed E-state index contributed by atoms with van der Waals surface area (Å²) in [5.74, 6) is 0. The van der Waals surface area contributed by atoms with Crippen LogP contribution in [0.25, 0.3) is 0 Å². The van der Waals surface area contributed by atoms with E-state index in [0.717, 1.165) is 5.09 Å². The highest BCUT2D eigenvalue weighted by Gasteiger charge is 2.21. The first-order chi connectivity index (χ1) is 2.97. The van der Waals surface area contributed by atoms with Crippen LogP contribution in [0, 0.1) is 6.07 Å². The summed E-state index contributed by atoms with van der Waals surface area (Å²) in [6.07, 6.45) is 1.58. The van der Waals surface area contributed by atoms with Crippen molar-refractivity contribution in [3.05, 3.63) is 12.3 Å². The quantitative estimate of drug-likeness (QED) is 0.462. The van der Waals surface area contributed by atoms with Crippen molar-refractivity contribution in [1.29, 1.82) is 0 Å². The molecule has 1 nitrogen and oxygen atoms in total. The van der Waals surface area contributed by atoms with Gasteiger partial charge in [-0.2, -0.15) is 0 Å². The minimum atomic E-state index is 1.04. The SMILES string of the molecule is [c]1coc2c1S2. The van der Waals surface area contributed by atoms with E-state index in [-0.39, 0.29) is 0 Å². The minimum Gasteiger partial charge on any atom is -0.456 e. The van der Waals surface area contributed by atoms with Gasteiger partial charge < -0.3 is 4.42 Å². The van der Waals surface area contributed by atoms with Gasteiger partial charge in [0.1, 0.15) is 6.26 Å². The zero-order chi connectivity index (χ0) is 3.98. The van der Waals surface area contributed by atoms with Crippen LogP contribution in [0.1, 0.15) is 0 Å². The second kappa shape index (κ2) is 0.658. The molecule has 0 aliphatic carbocycles. The fourth-order valence-corrected chi connectivity index (χ4v) is 0.814. The summed E-state index contributed by atoms with van der Waals surface area (Å²) in [4.78, 5) is 1.18. The zero-order valence-corrected chi connectivity index (χ0v) is 3.71. The number of furan rings is 1. The van der Waals surface area contributed by atoms with Gasteiger partial charge in [0.05, 0.1) is 4.90 Å². The van der Waals surface area contributed by atoms with Crippen LogP contribution >= 0.6 is 11.8 Å². The van der Waals surface area contributed by atoms with Crippen LogP contribution in [-0.4, -0.2) is 0 Å². The van der Waals surface area contributed by atoms with E-state index in [9.17, 15) is 0 Å². The molecule has 0 unspecified atom stereocenters. The third-order valence-corrected chi connectivity index (χ3v) is 1.48. The second-order valence-corrected chi connectivity index (χ2v) is 2.08. The van der Waals surface area contributed by atoms with Crippen molar-refractivity contribution in [3.8, 4) is 0 Å². The smallest absolute Gasteiger partial charge is 0.179 e. The molecule has 2 rings (SSSR count). The largest absolute Gasteiger partial charge is 0.456 e. The Kier molecular flexibility index (Phi) is 0.301. The van der Waals surface area contributed by atoms with E-state index in [1.165, 1.54) is 4.90 Å². The molecule has 0 spiro atoms. The van der Waals surface area contributed by atoms with Crippen LogP contribution in [0.2, 0.25) is 0 Å². The molecule has 1 aliphatic heterocycles. The molecule has 6 heavy (non-hydrogen) atoms. The fraction of sp³-hybridized carbons (Fsp3) is 0. The Morgan fingerprint density at radius 2 is 2.83 bits per heavy atom. The predicted molar refractivity (Wildman–Crippen MR) is 21.7 cm³/mol. The van der Waals surface area contributed by atoms with Gasteiger partial charge in [0, 0.05) is 6.07 Å². The fourth-order valence-electron chi connectivity index (χ4n) is 0.370. The lowest BCUT2D eigenvalue weighted by atomic mass is 10.7. The Balaban J connectivity index is 2.88. The molecule has 1 aromatic heterocycles. The van der Waals surface area contributed by atoms with Crippen molar-refractivity contribution in [3.63, 3.8) is 0 Å². The lowest BCUT2D eigenvalue weighted by Gasteiger charge is -1.60. The summed E-state index contributed by atoms with van der Waals surface area (Å²) in [6, 6.07) is 2.89. The van der Waals surface area contributed by atoms with E-state index in [1.807, 2.05) is 0 Å². The Bertz CT molecular complexity index is 151. The van der Waals surface area contributed by atoms with E-state index in [4.69, 9.17) is 4.42 Å². The first kappa shape index (κ1) is 2.75. The van der Waals surface area contributed by atoms with Gasteiger partial charge in [-0.25, -0.2) is 0 Å². The lowest BCUT2D eigenvalue weighted by Crippen LogP contribution is -1.31. The molecule has 2 heterocycles. The predicted octanol–water partition coefficient (Wildman–Crippen LogP) is 1.54. The molecule has 0 saturated carbocycles. The molecule has 0 amide bonds. The Labute approximate surface area is 39.3 Å². The van der Waals surface area contributed by atoms with Crippen LogP contribution in [-0.2, 0) is 0 Å². The number of hydrogen-bond acceptors (Lipinski definition) is 2. The van der Waals surface area contributed by atoms with Gasteiger partial charge in [-0.1, -0.05) is 0 Å². The van der Waals surface area contributed by atoms with E-state index >= 15 is 0 Å². The van der Waals surface area contributed by atoms with E-state index in [2.05, 4.69) is 6.07 Å². The number of fused-ring (bicyclic) bond motifs is 1. The first-order valence-electron chi connectivity index (χ1n) is 1.64. The van der Waals surface area contributed by atoms with Crippen molar-refractivity contribution < 1.29 is 4.42 Å². The van der Waals surface area contributed by atoms with Gasteiger partial charge in [0.15, 0.2) is 5.09 Å². The normalized spacial score (nSPS) is 14.0. The summed E-state index contributed by atoms with van der Waals surface area (Å²) in [5, 5.41) is 1.04. The van der Waals surface area contributed by atoms with Gasteiger partial charge in [-0.3, -0.25) is 0 Å². The van der Waals surface area contributed by atoms with Crippen molar-refractivity contribution in [1.82, 2.24) is 0 Å². The van der Waals surface area contributed by atoms with Gasteiger partial charge in [-0.15, -0.1) is 0 Å². The molecule has 1 radical (unpaired) electrons. The highest BCUT2D eigenvalue weighted by Crippen LogP contribution is 2.48. The van der Waals surface area contributed by atoms with Gasteiger partial charge in [-0.05, 0) is 11.8 Å². The van der Waals surface area contributed by atoms with Crippen molar-refractivity contribution >= 4 is 11.8 Å². The van der Waals surface area contributed by atoms with Crippen LogP contribution < -0.4 is 0 Å². The molecule has 0 atom stereocenters. The average Bonchev–Trinajstić information content (AvgIpc) is 2.17. The van der Waals surface area contributed by atoms with E-state index < -0.39 is 0 Å². The maximum absolute atomic E-state index is 4.83. The Morgan fingerprint density at radius 1 is 1.83 bits per heavy atom. The molecule has 2 heteroatoms. The van der Waals surface area contributed by atoms with Gasteiger partial charge >= 0.3 is 0 Å². The molecular formula is C4HOS. The summed E-state index contributed by atoms with van der Waals surface area (Å²) in [5.41, 5.74) is 0. The Morgan fingerprint density at radius 3 is 3.00 bits per heavy atom. The first-order valence-corrected chi connectivity index (χ1v) is 2.45. The highest BCUT2D eigenvalue weighted by atomic mass is 32.2. The maximum atomic E-state index is 4.83. The summed E-state index contributed by atoms with van der Waals surface area (Å²) in [6.45, 7) is 0. The average molecular weight is 97.1 g/mol. The molecule has 1 aromatic rings. The monoisotopic (exact) mass is 97.0 g/mol. The van der Waals surface area contributed by atoms with Crippen LogP contribution in [0.5, 0.6) is 0 Å². The van der Waals surface area contributed by atoms with Gasteiger partial charge in [0.2, 0.25) is 0 Å². The lowest BCUT2D eigenvalue weighted by molar-refractivity contribution is 0.479. The molecule has 0 saturated heterocycles. The summed E-state index contributed by atoms with van der Waals surface area (Å²) >= 11 is 1.65. The number of hydrogen-bond donors (Lipinski definition) is 0. The molecular weight excluding hydrogens is 96.1 g/mol. The minimum absolute atomic E-state index is 1.04. The van der Waals surface area contributed by atoms with E-state index in [1.54, 1.807) is 18.0 Å². The molecule has 29 valence electrons. The van der Waals surface area contributed by atoms with Crippen LogP contribution in [0.15, 0.2) is 20.7 Å². The third-order valence-electron chi connectivity index (χ3n) is 0.694. The molecule has 0 N–H and O–H groups in total. The molecule has 1 aliphatic rings. The third kappa shape index (κ3) is 0.186. The standard InChI is InChI=1S/C4HOS/c1-2-5-4-3(1)6-4/h2H. The topological polar surface area (TPSA) is 13.1 Å². The summed E-state index contributed by atoms with van der Waals surface area (Å²) in [7, 11) is 0. The number of rotatable bonds is 0. The van der Waals surface area contributed by atoms with Gasteiger partial charge in [0.25, 0.3) is 0 Å². The summed E-state index contributed by atoms with van der Waals surface area (Å²) < 4.78 is 4.83. The second-order valence-electron chi connectivity index (χ2n) is 1.10. The van der Waals surface area contributed by atoms with Crippen molar-refractivity contribution in [2.75, 3.05) is 0 Å². The zero-order valence-electron chi connectivity index (χ0n) is 2.89. The molecule has 0 fully saturated rings. The maximum Gasteiger partial charge on any atom is 0.179 e.